The predicted octanol–water partition coefficient (Wildman–Crippen LogP) is 6.44. The van der Waals surface area contributed by atoms with Gasteiger partial charge in [0, 0.05) is 18.7 Å². The molecule has 2 aliphatic rings. The van der Waals surface area contributed by atoms with Gasteiger partial charge in [0.25, 0.3) is 0 Å². The van der Waals surface area contributed by atoms with Gasteiger partial charge in [0.1, 0.15) is 23.0 Å². The second-order valence-electron chi connectivity index (χ2n) is 12.8. The maximum Gasteiger partial charge on any atom is 0.323 e. The van der Waals surface area contributed by atoms with Crippen molar-refractivity contribution in [3.63, 3.8) is 0 Å². The molecule has 4 aromatic rings. The highest BCUT2D eigenvalue weighted by Crippen LogP contribution is 2.48. The molecular formula is C37H41N3O4S. The summed E-state index contributed by atoms with van der Waals surface area (Å²) in [6.07, 6.45) is 1.95. The second kappa shape index (κ2) is 12.9. The van der Waals surface area contributed by atoms with Crippen molar-refractivity contribution in [2.75, 3.05) is 12.9 Å². The minimum atomic E-state index is -0.748. The molecule has 3 heterocycles. The first kappa shape index (κ1) is 31.1. The minimum Gasteiger partial charge on any atom is -0.468 e. The molecule has 6 rings (SSSR count). The lowest BCUT2D eigenvalue weighted by atomic mass is 9.76. The molecule has 1 N–H and O–H groups in total. The van der Waals surface area contributed by atoms with E-state index in [2.05, 4.69) is 82.7 Å². The number of imidazole rings is 1. The van der Waals surface area contributed by atoms with E-state index in [0.717, 1.165) is 46.7 Å². The molecule has 0 amide bonds. The summed E-state index contributed by atoms with van der Waals surface area (Å²) in [6.45, 7) is 6.21. The number of nitrogens with one attached hydrogen (secondary N) is 1. The predicted molar refractivity (Wildman–Crippen MR) is 177 cm³/mol. The number of fused-ring (bicyclic) bond motifs is 1. The lowest BCUT2D eigenvalue weighted by Gasteiger charge is -2.41. The maximum atomic E-state index is 13.0. The van der Waals surface area contributed by atoms with Gasteiger partial charge in [0.2, 0.25) is 0 Å². The van der Waals surface area contributed by atoms with Crippen LogP contribution in [0.2, 0.25) is 0 Å². The van der Waals surface area contributed by atoms with E-state index in [1.54, 1.807) is 11.8 Å². The van der Waals surface area contributed by atoms with Crippen LogP contribution in [0.1, 0.15) is 72.8 Å². The third-order valence-corrected chi connectivity index (χ3v) is 10.1. The Kier molecular flexibility index (Phi) is 8.89. The van der Waals surface area contributed by atoms with Gasteiger partial charge < -0.3 is 14.0 Å². The fourth-order valence-corrected chi connectivity index (χ4v) is 8.08. The monoisotopic (exact) mass is 623 g/mol. The van der Waals surface area contributed by atoms with Gasteiger partial charge in [-0.3, -0.25) is 14.9 Å². The van der Waals surface area contributed by atoms with Crippen LogP contribution in [0.15, 0.2) is 91.0 Å². The van der Waals surface area contributed by atoms with Gasteiger partial charge in [-0.2, -0.15) is 0 Å². The average Bonchev–Trinajstić information content (AvgIpc) is 3.45. The van der Waals surface area contributed by atoms with E-state index in [0.29, 0.717) is 18.7 Å². The number of carbonyl (C=O) groups is 2. The van der Waals surface area contributed by atoms with Crippen LogP contribution in [0.3, 0.4) is 0 Å². The van der Waals surface area contributed by atoms with Gasteiger partial charge in [0.15, 0.2) is 0 Å². The van der Waals surface area contributed by atoms with Gasteiger partial charge in [-0.25, -0.2) is 4.98 Å². The van der Waals surface area contributed by atoms with E-state index in [4.69, 9.17) is 14.5 Å². The molecule has 45 heavy (non-hydrogen) atoms. The molecule has 0 aliphatic carbocycles. The number of ether oxygens (including phenoxy) is 2. The molecule has 3 aromatic carbocycles. The Morgan fingerprint density at radius 1 is 0.844 bits per heavy atom. The van der Waals surface area contributed by atoms with Crippen LogP contribution in [0.5, 0.6) is 0 Å². The maximum absolute atomic E-state index is 13.0. The number of carbonyl (C=O) groups excluding carboxylic acids is 2. The number of rotatable bonds is 7. The summed E-state index contributed by atoms with van der Waals surface area (Å²) >= 11 is 1.77. The smallest absolute Gasteiger partial charge is 0.323 e. The highest BCUT2D eigenvalue weighted by molar-refractivity contribution is 7.99. The number of benzene rings is 3. The zero-order valence-electron chi connectivity index (χ0n) is 26.4. The van der Waals surface area contributed by atoms with Gasteiger partial charge in [-0.15, -0.1) is 11.8 Å². The Hall–Kier alpha value is -3.88. The van der Waals surface area contributed by atoms with Gasteiger partial charge >= 0.3 is 11.9 Å². The molecule has 0 bridgehead atoms. The molecular weight excluding hydrogens is 582 g/mol. The normalized spacial score (nSPS) is 20.2. The molecule has 0 spiro atoms. The topological polar surface area (TPSA) is 82.4 Å². The highest BCUT2D eigenvalue weighted by atomic mass is 32.2. The van der Waals surface area contributed by atoms with Crippen molar-refractivity contribution >= 4 is 23.7 Å². The molecule has 1 fully saturated rings. The largest absolute Gasteiger partial charge is 0.468 e. The van der Waals surface area contributed by atoms with E-state index >= 15 is 0 Å². The number of methoxy groups -OCH3 is 1. The second-order valence-corrected chi connectivity index (χ2v) is 14.0. The molecule has 0 radical (unpaired) electrons. The quantitative estimate of drug-likeness (QED) is 0.188. The number of aromatic nitrogens is 2. The molecule has 2 unspecified atom stereocenters. The van der Waals surface area contributed by atoms with Crippen LogP contribution in [0, 0.1) is 5.92 Å². The minimum absolute atomic E-state index is 0.0429. The summed E-state index contributed by atoms with van der Waals surface area (Å²) in [4.78, 5) is 31.1. The molecule has 2 aliphatic heterocycles. The number of nitrogens with zero attached hydrogens (tertiary/aromatic N) is 2. The molecule has 8 heteroatoms. The van der Waals surface area contributed by atoms with Crippen molar-refractivity contribution in [3.05, 3.63) is 125 Å². The van der Waals surface area contributed by atoms with E-state index in [-0.39, 0.29) is 23.1 Å². The van der Waals surface area contributed by atoms with Crippen LogP contribution in [-0.4, -0.2) is 46.0 Å². The lowest BCUT2D eigenvalue weighted by Crippen LogP contribution is -2.46. The lowest BCUT2D eigenvalue weighted by molar-refractivity contribution is -0.159. The molecule has 7 nitrogen and oxygen atoms in total. The highest BCUT2D eigenvalue weighted by Gasteiger charge is 2.45. The zero-order valence-corrected chi connectivity index (χ0v) is 27.2. The van der Waals surface area contributed by atoms with Crippen molar-refractivity contribution in [3.8, 4) is 0 Å². The number of hydrogen-bond acceptors (Lipinski definition) is 7. The fraction of sp³-hybridized carbons (Fsp3) is 0.378. The summed E-state index contributed by atoms with van der Waals surface area (Å²) < 4.78 is 13.3. The Labute approximate surface area is 269 Å². The molecule has 1 aromatic heterocycles. The molecule has 1 saturated heterocycles. The first-order chi connectivity index (χ1) is 21.7. The van der Waals surface area contributed by atoms with E-state index in [1.165, 1.54) is 7.11 Å². The number of thioether (sulfide) groups is 1. The number of hydrogen-bond donors (Lipinski definition) is 1. The summed E-state index contributed by atoms with van der Waals surface area (Å²) in [7, 11) is 1.43. The fourth-order valence-electron chi connectivity index (χ4n) is 6.70. The van der Waals surface area contributed by atoms with Crippen molar-refractivity contribution in [1.82, 2.24) is 14.9 Å². The van der Waals surface area contributed by atoms with E-state index in [1.807, 2.05) is 39.0 Å². The van der Waals surface area contributed by atoms with Crippen LogP contribution in [0.25, 0.3) is 0 Å². The van der Waals surface area contributed by atoms with Crippen molar-refractivity contribution < 1.29 is 19.1 Å². The van der Waals surface area contributed by atoms with Crippen molar-refractivity contribution in [1.29, 1.82) is 0 Å². The first-order valence-corrected chi connectivity index (χ1v) is 16.7. The van der Waals surface area contributed by atoms with Crippen LogP contribution in [-0.2, 0) is 37.6 Å². The standard InChI is InChI=1S/C37H41N3O4S/c1-36(2,3)44-34(41)25-20-21-32(45-24-25)33-39-29-22-30(35(42)43-4)38-23-31(29)40(33)37(26-14-8-5-9-15-26,27-16-10-6-11-17-27)28-18-12-7-13-19-28/h5-19,25,30,32,38H,20-24H2,1-4H3/t25?,30-,32?/m0/s1. The Balaban J connectivity index is 1.55. The summed E-state index contributed by atoms with van der Waals surface area (Å²) in [5.74, 6) is 1.04. The first-order valence-electron chi connectivity index (χ1n) is 15.7. The van der Waals surface area contributed by atoms with Gasteiger partial charge in [-0.05, 0) is 50.3 Å². The van der Waals surface area contributed by atoms with Crippen molar-refractivity contribution in [2.24, 2.45) is 5.92 Å². The van der Waals surface area contributed by atoms with Crippen LogP contribution >= 0.6 is 11.8 Å². The van der Waals surface area contributed by atoms with Crippen LogP contribution < -0.4 is 5.32 Å². The van der Waals surface area contributed by atoms with Gasteiger partial charge in [0.05, 0.1) is 29.7 Å². The van der Waals surface area contributed by atoms with Crippen LogP contribution in [0.4, 0.5) is 0 Å². The Bertz CT molecular complexity index is 1530. The Morgan fingerprint density at radius 3 is 1.87 bits per heavy atom. The van der Waals surface area contributed by atoms with Crippen molar-refractivity contribution in [2.45, 2.75) is 69.0 Å². The third-order valence-electron chi connectivity index (χ3n) is 8.69. The summed E-state index contributed by atoms with van der Waals surface area (Å²) in [6, 6.07) is 31.4. The summed E-state index contributed by atoms with van der Waals surface area (Å²) in [5.41, 5.74) is 4.04. The summed E-state index contributed by atoms with van der Waals surface area (Å²) in [5, 5.41) is 3.49. The molecule has 3 atom stereocenters. The Morgan fingerprint density at radius 2 is 1.40 bits per heavy atom. The van der Waals surface area contributed by atoms with Gasteiger partial charge in [-0.1, -0.05) is 91.0 Å². The number of esters is 2. The average molecular weight is 624 g/mol. The molecule has 0 saturated carbocycles. The SMILES string of the molecule is COC(=O)[C@@H]1Cc2nc(C3CCC(C(=O)OC(C)(C)C)CS3)n(C(c3ccccc3)(c3ccccc3)c3ccccc3)c2CN1. The zero-order chi connectivity index (χ0) is 31.6. The third kappa shape index (κ3) is 6.06. The van der Waals surface area contributed by atoms with E-state index < -0.39 is 17.2 Å². The molecule has 234 valence electrons. The van der Waals surface area contributed by atoms with E-state index in [9.17, 15) is 9.59 Å².